The molecule has 0 amide bonds. The quantitative estimate of drug-likeness (QED) is 0.577. The van der Waals surface area contributed by atoms with Crippen LogP contribution in [0.25, 0.3) is 0 Å². The monoisotopic (exact) mass is 257 g/mol. The van der Waals surface area contributed by atoms with Crippen molar-refractivity contribution in [3.05, 3.63) is 0 Å². The second kappa shape index (κ2) is 10.8. The van der Waals surface area contributed by atoms with Gasteiger partial charge < -0.3 is 14.8 Å². The number of nitrogens with one attached hydrogen (secondary N) is 1. The second-order valence-corrected chi connectivity index (χ2v) is 5.26. The fraction of sp³-hybridized carbons (Fsp3) is 1.00. The molecule has 2 unspecified atom stereocenters. The smallest absolute Gasteiger partial charge is 0.0576 e. The largest absolute Gasteiger partial charge is 0.381 e. The molecule has 1 fully saturated rings. The first-order chi connectivity index (χ1) is 8.86. The summed E-state index contributed by atoms with van der Waals surface area (Å²) in [5.41, 5.74) is 0. The van der Waals surface area contributed by atoms with Crippen LogP contribution >= 0.6 is 0 Å². The summed E-state index contributed by atoms with van der Waals surface area (Å²) in [6.07, 6.45) is 8.90. The van der Waals surface area contributed by atoms with Gasteiger partial charge >= 0.3 is 0 Å². The number of ether oxygens (including phenoxy) is 2. The molecular formula is C15H31NO2. The molecule has 0 aromatic carbocycles. The highest BCUT2D eigenvalue weighted by atomic mass is 16.5. The topological polar surface area (TPSA) is 30.5 Å². The SMILES string of the molecule is CCCNC(CCOCCC)CCC1CCCO1. The Balaban J connectivity index is 2.12. The molecule has 1 rings (SSSR count). The lowest BCUT2D eigenvalue weighted by molar-refractivity contribution is 0.0939. The molecular weight excluding hydrogens is 226 g/mol. The van der Waals surface area contributed by atoms with Crippen LogP contribution in [0.4, 0.5) is 0 Å². The first-order valence-corrected chi connectivity index (χ1v) is 7.79. The molecule has 0 aromatic heterocycles. The molecule has 18 heavy (non-hydrogen) atoms. The van der Waals surface area contributed by atoms with Gasteiger partial charge in [-0.2, -0.15) is 0 Å². The van der Waals surface area contributed by atoms with E-state index in [9.17, 15) is 0 Å². The zero-order valence-electron chi connectivity index (χ0n) is 12.2. The fourth-order valence-electron chi connectivity index (χ4n) is 2.43. The van der Waals surface area contributed by atoms with Gasteiger partial charge in [0.15, 0.2) is 0 Å². The molecule has 0 saturated carbocycles. The van der Waals surface area contributed by atoms with Crippen LogP contribution in [0.2, 0.25) is 0 Å². The number of hydrogen-bond donors (Lipinski definition) is 1. The molecule has 108 valence electrons. The van der Waals surface area contributed by atoms with Crippen molar-refractivity contribution in [3.63, 3.8) is 0 Å². The molecule has 0 spiro atoms. The minimum atomic E-state index is 0.521. The second-order valence-electron chi connectivity index (χ2n) is 5.26. The van der Waals surface area contributed by atoms with E-state index in [1.165, 1.54) is 32.1 Å². The van der Waals surface area contributed by atoms with Crippen LogP contribution in [0.3, 0.4) is 0 Å². The highest BCUT2D eigenvalue weighted by Gasteiger charge is 2.17. The average Bonchev–Trinajstić information content (AvgIpc) is 2.90. The Morgan fingerprint density at radius 2 is 2.11 bits per heavy atom. The van der Waals surface area contributed by atoms with Crippen LogP contribution in [0.15, 0.2) is 0 Å². The van der Waals surface area contributed by atoms with E-state index >= 15 is 0 Å². The summed E-state index contributed by atoms with van der Waals surface area (Å²) in [6, 6.07) is 0.603. The van der Waals surface area contributed by atoms with Gasteiger partial charge in [0.2, 0.25) is 0 Å². The van der Waals surface area contributed by atoms with Crippen molar-refractivity contribution in [2.24, 2.45) is 0 Å². The predicted octanol–water partition coefficient (Wildman–Crippen LogP) is 3.13. The standard InChI is InChI=1S/C15H31NO2/c1-3-10-16-14(9-13-17-11-4-2)7-8-15-6-5-12-18-15/h14-16H,3-13H2,1-2H3. The molecule has 1 heterocycles. The maximum absolute atomic E-state index is 5.69. The van der Waals surface area contributed by atoms with Crippen LogP contribution in [-0.2, 0) is 9.47 Å². The van der Waals surface area contributed by atoms with Crippen LogP contribution in [0, 0.1) is 0 Å². The molecule has 1 aliphatic rings. The fourth-order valence-corrected chi connectivity index (χ4v) is 2.43. The third-order valence-corrected chi connectivity index (χ3v) is 3.50. The molecule has 2 atom stereocenters. The summed E-state index contributed by atoms with van der Waals surface area (Å²) < 4.78 is 11.3. The number of hydrogen-bond acceptors (Lipinski definition) is 3. The van der Waals surface area contributed by atoms with Crippen molar-refractivity contribution in [2.45, 2.75) is 70.9 Å². The van der Waals surface area contributed by atoms with Crippen molar-refractivity contribution >= 4 is 0 Å². The van der Waals surface area contributed by atoms with E-state index in [0.717, 1.165) is 39.2 Å². The van der Waals surface area contributed by atoms with Gasteiger partial charge in [0.05, 0.1) is 6.10 Å². The van der Waals surface area contributed by atoms with Crippen LogP contribution in [0.1, 0.15) is 58.8 Å². The van der Waals surface area contributed by atoms with Crippen molar-refractivity contribution in [1.82, 2.24) is 5.32 Å². The normalized spacial score (nSPS) is 21.3. The van der Waals surface area contributed by atoms with Crippen LogP contribution in [-0.4, -0.2) is 38.5 Å². The molecule has 0 radical (unpaired) electrons. The Morgan fingerprint density at radius 3 is 2.78 bits per heavy atom. The van der Waals surface area contributed by atoms with Gasteiger partial charge in [0.1, 0.15) is 0 Å². The third kappa shape index (κ3) is 7.34. The summed E-state index contributed by atoms with van der Waals surface area (Å²) in [4.78, 5) is 0. The lowest BCUT2D eigenvalue weighted by atomic mass is 10.0. The first kappa shape index (κ1) is 15.9. The molecule has 0 aromatic rings. The van der Waals surface area contributed by atoms with Gasteiger partial charge in [0, 0.05) is 25.9 Å². The summed E-state index contributed by atoms with van der Waals surface area (Å²) >= 11 is 0. The Hall–Kier alpha value is -0.120. The van der Waals surface area contributed by atoms with E-state index in [-0.39, 0.29) is 0 Å². The molecule has 1 N–H and O–H groups in total. The highest BCUT2D eigenvalue weighted by Crippen LogP contribution is 2.18. The van der Waals surface area contributed by atoms with Gasteiger partial charge in [0.25, 0.3) is 0 Å². The Labute approximate surface area is 113 Å². The van der Waals surface area contributed by atoms with Crippen molar-refractivity contribution < 1.29 is 9.47 Å². The van der Waals surface area contributed by atoms with Gasteiger partial charge in [-0.15, -0.1) is 0 Å². The Bertz CT molecular complexity index is 181. The molecule has 3 heteroatoms. The Morgan fingerprint density at radius 1 is 1.22 bits per heavy atom. The molecule has 1 saturated heterocycles. The summed E-state index contributed by atoms with van der Waals surface area (Å²) in [7, 11) is 0. The zero-order valence-corrected chi connectivity index (χ0v) is 12.2. The maximum atomic E-state index is 5.69. The Kier molecular flexibility index (Phi) is 9.54. The average molecular weight is 257 g/mol. The van der Waals surface area contributed by atoms with E-state index in [4.69, 9.17) is 9.47 Å². The highest BCUT2D eigenvalue weighted by molar-refractivity contribution is 4.72. The molecule has 3 nitrogen and oxygen atoms in total. The van der Waals surface area contributed by atoms with Crippen molar-refractivity contribution in [1.29, 1.82) is 0 Å². The van der Waals surface area contributed by atoms with Gasteiger partial charge in [-0.1, -0.05) is 13.8 Å². The number of rotatable bonds is 11. The predicted molar refractivity (Wildman–Crippen MR) is 76.0 cm³/mol. The van der Waals surface area contributed by atoms with Crippen molar-refractivity contribution in [2.75, 3.05) is 26.4 Å². The molecule has 1 aliphatic heterocycles. The summed E-state index contributed by atoms with van der Waals surface area (Å²) in [6.45, 7) is 8.25. The summed E-state index contributed by atoms with van der Waals surface area (Å²) in [5, 5.41) is 3.63. The third-order valence-electron chi connectivity index (χ3n) is 3.50. The minimum Gasteiger partial charge on any atom is -0.381 e. The molecule has 0 bridgehead atoms. The first-order valence-electron chi connectivity index (χ1n) is 7.79. The van der Waals surface area contributed by atoms with E-state index < -0.39 is 0 Å². The van der Waals surface area contributed by atoms with Gasteiger partial charge in [-0.05, 0) is 51.5 Å². The van der Waals surface area contributed by atoms with E-state index in [1.807, 2.05) is 0 Å². The minimum absolute atomic E-state index is 0.521. The zero-order chi connectivity index (χ0) is 13.1. The van der Waals surface area contributed by atoms with Crippen LogP contribution < -0.4 is 5.32 Å². The van der Waals surface area contributed by atoms with Gasteiger partial charge in [-0.3, -0.25) is 0 Å². The maximum Gasteiger partial charge on any atom is 0.0576 e. The van der Waals surface area contributed by atoms with Crippen LogP contribution in [0.5, 0.6) is 0 Å². The lowest BCUT2D eigenvalue weighted by Gasteiger charge is -2.20. The van der Waals surface area contributed by atoms with E-state index in [0.29, 0.717) is 12.1 Å². The molecule has 0 aliphatic carbocycles. The van der Waals surface area contributed by atoms with E-state index in [2.05, 4.69) is 19.2 Å². The van der Waals surface area contributed by atoms with Crippen molar-refractivity contribution in [3.8, 4) is 0 Å². The summed E-state index contributed by atoms with van der Waals surface area (Å²) in [5.74, 6) is 0. The van der Waals surface area contributed by atoms with E-state index in [1.54, 1.807) is 0 Å². The van der Waals surface area contributed by atoms with Gasteiger partial charge in [-0.25, -0.2) is 0 Å². The lowest BCUT2D eigenvalue weighted by Crippen LogP contribution is -2.32.